The zero-order valence-corrected chi connectivity index (χ0v) is 24.8. The third kappa shape index (κ3) is 4.70. The summed E-state index contributed by atoms with van der Waals surface area (Å²) in [4.78, 5) is 20.2. The van der Waals surface area contributed by atoms with Crippen molar-refractivity contribution in [2.75, 3.05) is 45.3 Å². The Balaban J connectivity index is 1.06. The Labute approximate surface area is 256 Å². The van der Waals surface area contributed by atoms with Crippen LogP contribution in [-0.4, -0.2) is 67.3 Å². The molecule has 9 nitrogen and oxygen atoms in total. The van der Waals surface area contributed by atoms with Crippen LogP contribution >= 0.6 is 0 Å². The number of rotatable bonds is 7. The van der Waals surface area contributed by atoms with E-state index in [0.717, 1.165) is 80.9 Å². The van der Waals surface area contributed by atoms with Gasteiger partial charge < -0.3 is 29.4 Å². The lowest BCUT2D eigenvalue weighted by molar-refractivity contribution is 0.0620. The summed E-state index contributed by atoms with van der Waals surface area (Å²) >= 11 is 0. The van der Waals surface area contributed by atoms with Crippen molar-refractivity contribution in [3.05, 3.63) is 65.9 Å². The van der Waals surface area contributed by atoms with Crippen molar-refractivity contribution in [3.8, 4) is 34.3 Å². The van der Waals surface area contributed by atoms with Crippen molar-refractivity contribution in [3.63, 3.8) is 0 Å². The molecule has 9 heteroatoms. The lowest BCUT2D eigenvalue weighted by Gasteiger charge is -2.44. The number of hydrogen-bond acceptors (Lipinski definition) is 8. The van der Waals surface area contributed by atoms with Gasteiger partial charge in [0.2, 0.25) is 0 Å². The fourth-order valence-corrected chi connectivity index (χ4v) is 7.50. The van der Waals surface area contributed by atoms with E-state index in [1.54, 1.807) is 19.4 Å². The van der Waals surface area contributed by atoms with Crippen LogP contribution in [0.15, 0.2) is 59.1 Å². The molecule has 2 N–H and O–H groups in total. The number of furan rings is 1. The van der Waals surface area contributed by atoms with Crippen LogP contribution in [0.2, 0.25) is 0 Å². The number of nitrogens with one attached hydrogen (secondary N) is 2. The molecular weight excluding hydrogens is 554 g/mol. The van der Waals surface area contributed by atoms with E-state index in [4.69, 9.17) is 13.9 Å². The van der Waals surface area contributed by atoms with Gasteiger partial charge in [-0.2, -0.15) is 5.26 Å². The summed E-state index contributed by atoms with van der Waals surface area (Å²) in [6.45, 7) is 4.72. The number of nitriles is 1. The van der Waals surface area contributed by atoms with Crippen LogP contribution in [0.1, 0.15) is 41.6 Å². The van der Waals surface area contributed by atoms with Crippen molar-refractivity contribution in [2.24, 2.45) is 11.8 Å². The molecule has 9 rings (SSSR count). The first kappa shape index (κ1) is 27.2. The predicted molar refractivity (Wildman–Crippen MR) is 166 cm³/mol. The first-order valence-electron chi connectivity index (χ1n) is 15.5. The van der Waals surface area contributed by atoms with Crippen LogP contribution in [0.4, 0.5) is 5.69 Å². The Kier molecular flexibility index (Phi) is 6.58. The van der Waals surface area contributed by atoms with Crippen LogP contribution in [0.3, 0.4) is 0 Å². The minimum atomic E-state index is -0.0815. The Hall–Kier alpha value is -4.39. The minimum Gasteiger partial charge on any atom is -0.496 e. The van der Waals surface area contributed by atoms with Crippen molar-refractivity contribution < 1.29 is 18.7 Å². The van der Waals surface area contributed by atoms with Crippen LogP contribution in [0.25, 0.3) is 33.6 Å². The Morgan fingerprint density at radius 3 is 2.80 bits per heavy atom. The second-order valence-electron chi connectivity index (χ2n) is 12.7. The van der Waals surface area contributed by atoms with E-state index in [9.17, 15) is 10.1 Å². The highest BCUT2D eigenvalue weighted by Gasteiger charge is 2.56. The molecule has 3 atom stereocenters. The number of ether oxygens (including phenoxy) is 2. The molecule has 4 aliphatic heterocycles. The number of piperidine rings is 3. The van der Waals surface area contributed by atoms with Crippen molar-refractivity contribution >= 4 is 22.7 Å². The van der Waals surface area contributed by atoms with Crippen LogP contribution < -0.4 is 15.4 Å². The molecule has 1 aliphatic carbocycles. The number of carbonyl (C=O) groups is 1. The van der Waals surface area contributed by atoms with Gasteiger partial charge in [-0.05, 0) is 86.7 Å². The largest absolute Gasteiger partial charge is 0.496 e. The quantitative estimate of drug-likeness (QED) is 0.292. The molecule has 4 aromatic rings. The number of hydrogen-bond donors (Lipinski definition) is 2. The zero-order valence-electron chi connectivity index (χ0n) is 24.8. The van der Waals surface area contributed by atoms with Gasteiger partial charge in [-0.3, -0.25) is 9.78 Å². The second-order valence-corrected chi connectivity index (χ2v) is 12.7. The number of carbonyl (C=O) groups excluding carboxylic acids is 1. The second kappa shape index (κ2) is 10.7. The van der Waals surface area contributed by atoms with Crippen LogP contribution in [0.5, 0.6) is 5.75 Å². The highest BCUT2D eigenvalue weighted by atomic mass is 16.5. The van der Waals surface area contributed by atoms with Gasteiger partial charge in [-0.15, -0.1) is 0 Å². The molecule has 2 aromatic heterocycles. The third-order valence-electron chi connectivity index (χ3n) is 10.2. The van der Waals surface area contributed by atoms with Gasteiger partial charge >= 0.3 is 0 Å². The number of aromatic nitrogens is 1. The molecule has 1 saturated carbocycles. The van der Waals surface area contributed by atoms with Crippen molar-refractivity contribution in [1.29, 1.82) is 5.26 Å². The van der Waals surface area contributed by atoms with Crippen LogP contribution in [-0.2, 0) is 4.74 Å². The highest BCUT2D eigenvalue weighted by molar-refractivity contribution is 5.97. The summed E-state index contributed by atoms with van der Waals surface area (Å²) in [5.41, 5.74) is 5.86. The maximum atomic E-state index is 13.2. The molecule has 2 aromatic carbocycles. The molecule has 6 heterocycles. The van der Waals surface area contributed by atoms with E-state index >= 15 is 0 Å². The number of pyridine rings is 1. The molecule has 5 aliphatic rings. The average molecular weight is 590 g/mol. The van der Waals surface area contributed by atoms with E-state index in [1.807, 2.05) is 42.5 Å². The molecule has 3 unspecified atom stereocenters. The molecular formula is C35H35N5O4. The van der Waals surface area contributed by atoms with Gasteiger partial charge in [0.25, 0.3) is 5.91 Å². The number of fused-ring (bicyclic) bond motifs is 5. The summed E-state index contributed by atoms with van der Waals surface area (Å²) in [5.74, 6) is 2.13. The first-order valence-corrected chi connectivity index (χ1v) is 15.5. The lowest BCUT2D eigenvalue weighted by atomic mass is 9.84. The third-order valence-corrected chi connectivity index (χ3v) is 10.2. The van der Waals surface area contributed by atoms with Gasteiger partial charge in [-0.25, -0.2) is 0 Å². The van der Waals surface area contributed by atoms with Crippen molar-refractivity contribution in [1.82, 2.24) is 15.2 Å². The monoisotopic (exact) mass is 589 g/mol. The summed E-state index contributed by atoms with van der Waals surface area (Å²) in [6, 6.07) is 17.8. The topological polar surface area (TPSA) is 113 Å². The maximum Gasteiger partial charge on any atom is 0.251 e. The van der Waals surface area contributed by atoms with Gasteiger partial charge in [-0.1, -0.05) is 6.07 Å². The number of benzene rings is 2. The van der Waals surface area contributed by atoms with Crippen LogP contribution in [0, 0.1) is 23.2 Å². The summed E-state index contributed by atoms with van der Waals surface area (Å²) in [5, 5.41) is 17.0. The number of methoxy groups -OCH3 is 1. The highest BCUT2D eigenvalue weighted by Crippen LogP contribution is 2.51. The predicted octanol–water partition coefficient (Wildman–Crippen LogP) is 5.46. The van der Waals surface area contributed by atoms with E-state index in [0.29, 0.717) is 45.6 Å². The van der Waals surface area contributed by atoms with Gasteiger partial charge in [0.15, 0.2) is 5.58 Å². The zero-order chi connectivity index (χ0) is 29.8. The molecule has 1 amide bonds. The van der Waals surface area contributed by atoms with Gasteiger partial charge in [0.1, 0.15) is 23.1 Å². The molecule has 2 bridgehead atoms. The summed E-state index contributed by atoms with van der Waals surface area (Å²) in [7, 11) is 1.60. The normalized spacial score (nSPS) is 26.9. The summed E-state index contributed by atoms with van der Waals surface area (Å²) < 4.78 is 17.8. The van der Waals surface area contributed by atoms with E-state index < -0.39 is 0 Å². The Morgan fingerprint density at radius 1 is 1.14 bits per heavy atom. The van der Waals surface area contributed by atoms with E-state index in [2.05, 4.69) is 26.6 Å². The molecule has 224 valence electrons. The standard InChI is InChI=1S/C35H35N5O4/c1-42-31-15-23(34(41)38-30-19-40-11-7-21(30)8-12-40)2-4-27(31)32-16-29-33(44-32)26(6-10-37-29)22-3-5-28(24(14-22)18-36)39-35-9-13-43-20-25(35)17-35/h2-6,10,14-16,21,25,30,39H,7-9,11-13,17,19-20H2,1H3,(H,38,41). The van der Waals surface area contributed by atoms with E-state index in [-0.39, 0.29) is 17.5 Å². The van der Waals surface area contributed by atoms with Gasteiger partial charge in [0, 0.05) is 54.0 Å². The molecule has 44 heavy (non-hydrogen) atoms. The number of nitrogens with zero attached hydrogens (tertiary/aromatic N) is 3. The smallest absolute Gasteiger partial charge is 0.251 e. The van der Waals surface area contributed by atoms with Crippen molar-refractivity contribution in [2.45, 2.75) is 37.3 Å². The van der Waals surface area contributed by atoms with Gasteiger partial charge in [0.05, 0.1) is 30.5 Å². The van der Waals surface area contributed by atoms with E-state index in [1.165, 1.54) is 0 Å². The Bertz CT molecular complexity index is 1800. The number of amides is 1. The Morgan fingerprint density at radius 2 is 2.02 bits per heavy atom. The molecule has 5 fully saturated rings. The fourth-order valence-electron chi connectivity index (χ4n) is 7.50. The SMILES string of the molecule is COc1cc(C(=O)NC2CN3CCC2CC3)ccc1-c1cc2nccc(-c3ccc(NC45CCOCC4C5)c(C#N)c3)c2o1. The average Bonchev–Trinajstić information content (AvgIpc) is 3.63. The lowest BCUT2D eigenvalue weighted by Crippen LogP contribution is -2.57. The fraction of sp³-hybridized carbons (Fsp3) is 0.400. The molecule has 4 saturated heterocycles. The minimum absolute atomic E-state index is 0.0498. The molecule has 0 spiro atoms. The summed E-state index contributed by atoms with van der Waals surface area (Å²) in [6.07, 6.45) is 6.08. The number of anilines is 1. The first-order chi connectivity index (χ1) is 21.5. The maximum absolute atomic E-state index is 13.2. The molecule has 0 radical (unpaired) electrons.